The molecule has 0 fully saturated rings. The fourth-order valence-corrected chi connectivity index (χ4v) is 3.67. The van der Waals surface area contributed by atoms with Crippen molar-refractivity contribution < 1.29 is 9.53 Å². The van der Waals surface area contributed by atoms with Gasteiger partial charge in [0.05, 0.1) is 0 Å². The predicted molar refractivity (Wildman–Crippen MR) is 136 cm³/mol. The molecule has 3 aromatic rings. The standard InChI is InChI=1S/C26H29N3O2S/c1-4-29(5-2)24-15-14-22(16-19(24)3)27-26(32)28-25(30)21-12-9-13-23(17-21)31-18-20-10-7-6-8-11-20/h6-17H,4-5,18H2,1-3H3,(H2,27,28,30,32). The van der Waals surface area contributed by atoms with Gasteiger partial charge in [-0.1, -0.05) is 36.4 Å². The van der Waals surface area contributed by atoms with Gasteiger partial charge in [0.1, 0.15) is 12.4 Å². The zero-order valence-corrected chi connectivity index (χ0v) is 19.5. The summed E-state index contributed by atoms with van der Waals surface area (Å²) in [6.07, 6.45) is 0. The van der Waals surface area contributed by atoms with Gasteiger partial charge in [0.2, 0.25) is 0 Å². The van der Waals surface area contributed by atoms with Crippen LogP contribution in [0.5, 0.6) is 5.75 Å². The van der Waals surface area contributed by atoms with E-state index in [9.17, 15) is 4.79 Å². The van der Waals surface area contributed by atoms with Gasteiger partial charge in [0.25, 0.3) is 5.91 Å². The van der Waals surface area contributed by atoms with E-state index in [0.717, 1.165) is 29.9 Å². The van der Waals surface area contributed by atoms with Gasteiger partial charge in [-0.05, 0) is 80.5 Å². The van der Waals surface area contributed by atoms with Crippen molar-refractivity contribution >= 4 is 34.6 Å². The van der Waals surface area contributed by atoms with Crippen LogP contribution in [0.4, 0.5) is 11.4 Å². The molecule has 5 nitrogen and oxygen atoms in total. The molecule has 6 heteroatoms. The van der Waals surface area contributed by atoms with Gasteiger partial charge in [-0.3, -0.25) is 10.1 Å². The third kappa shape index (κ3) is 6.31. The molecule has 0 heterocycles. The first-order chi connectivity index (χ1) is 15.5. The Balaban J connectivity index is 1.58. The number of aryl methyl sites for hydroxylation is 1. The van der Waals surface area contributed by atoms with Crippen molar-refractivity contribution in [2.75, 3.05) is 23.3 Å². The van der Waals surface area contributed by atoms with E-state index in [1.807, 2.05) is 48.5 Å². The van der Waals surface area contributed by atoms with Gasteiger partial charge in [-0.15, -0.1) is 0 Å². The number of hydrogen-bond acceptors (Lipinski definition) is 4. The first kappa shape index (κ1) is 23.3. The number of carbonyl (C=O) groups is 1. The molecule has 0 aliphatic carbocycles. The van der Waals surface area contributed by atoms with Crippen LogP contribution in [0.2, 0.25) is 0 Å². The van der Waals surface area contributed by atoms with Crippen molar-refractivity contribution in [1.82, 2.24) is 5.32 Å². The van der Waals surface area contributed by atoms with Crippen molar-refractivity contribution in [2.24, 2.45) is 0 Å². The monoisotopic (exact) mass is 447 g/mol. The zero-order valence-electron chi connectivity index (χ0n) is 18.7. The fourth-order valence-electron chi connectivity index (χ4n) is 3.46. The molecular formula is C26H29N3O2S. The fraction of sp³-hybridized carbons (Fsp3) is 0.231. The highest BCUT2D eigenvalue weighted by Gasteiger charge is 2.11. The summed E-state index contributed by atoms with van der Waals surface area (Å²) in [5, 5.41) is 6.09. The molecule has 0 aromatic heterocycles. The van der Waals surface area contributed by atoms with Gasteiger partial charge >= 0.3 is 0 Å². The predicted octanol–water partition coefficient (Wildman–Crippen LogP) is 5.55. The number of thiocarbonyl (C=S) groups is 1. The zero-order chi connectivity index (χ0) is 22.9. The van der Waals surface area contributed by atoms with Gasteiger partial charge in [-0.25, -0.2) is 0 Å². The second-order valence-electron chi connectivity index (χ2n) is 7.38. The lowest BCUT2D eigenvalue weighted by atomic mass is 10.1. The average molecular weight is 448 g/mol. The van der Waals surface area contributed by atoms with Crippen LogP contribution in [0.25, 0.3) is 0 Å². The molecule has 0 spiro atoms. The summed E-state index contributed by atoms with van der Waals surface area (Å²) in [5.41, 5.74) is 4.73. The Hall–Kier alpha value is -3.38. The third-order valence-corrected chi connectivity index (χ3v) is 5.33. The molecule has 1 amide bonds. The number of nitrogens with zero attached hydrogens (tertiary/aromatic N) is 1. The molecule has 0 aliphatic rings. The lowest BCUT2D eigenvalue weighted by Gasteiger charge is -2.23. The minimum Gasteiger partial charge on any atom is -0.489 e. The number of hydrogen-bond donors (Lipinski definition) is 2. The molecule has 0 atom stereocenters. The first-order valence-electron chi connectivity index (χ1n) is 10.7. The molecule has 3 rings (SSSR count). The largest absolute Gasteiger partial charge is 0.489 e. The number of ether oxygens (including phenoxy) is 1. The highest BCUT2D eigenvalue weighted by atomic mass is 32.1. The highest BCUT2D eigenvalue weighted by molar-refractivity contribution is 7.80. The molecule has 166 valence electrons. The van der Waals surface area contributed by atoms with E-state index in [2.05, 4.69) is 42.4 Å². The normalized spacial score (nSPS) is 10.3. The van der Waals surface area contributed by atoms with Crippen LogP contribution in [-0.4, -0.2) is 24.1 Å². The lowest BCUT2D eigenvalue weighted by Crippen LogP contribution is -2.34. The van der Waals surface area contributed by atoms with Gasteiger partial charge in [-0.2, -0.15) is 0 Å². The van der Waals surface area contributed by atoms with Crippen molar-refractivity contribution in [3.8, 4) is 5.75 Å². The second-order valence-corrected chi connectivity index (χ2v) is 7.79. The highest BCUT2D eigenvalue weighted by Crippen LogP contribution is 2.23. The second kappa shape index (κ2) is 11.3. The molecule has 32 heavy (non-hydrogen) atoms. The van der Waals surface area contributed by atoms with Crippen molar-refractivity contribution in [3.05, 3.63) is 89.5 Å². The molecule has 0 bridgehead atoms. The van der Waals surface area contributed by atoms with Crippen LogP contribution in [0.15, 0.2) is 72.8 Å². The quantitative estimate of drug-likeness (QED) is 0.444. The smallest absolute Gasteiger partial charge is 0.257 e. The Morgan fingerprint density at radius 2 is 1.72 bits per heavy atom. The summed E-state index contributed by atoms with van der Waals surface area (Å²) < 4.78 is 5.81. The van der Waals surface area contributed by atoms with Gasteiger partial charge in [0, 0.05) is 30.0 Å². The van der Waals surface area contributed by atoms with Crippen LogP contribution < -0.4 is 20.3 Å². The Labute approximate surface area is 195 Å². The maximum Gasteiger partial charge on any atom is 0.257 e. The summed E-state index contributed by atoms with van der Waals surface area (Å²) in [6, 6.07) is 23.0. The van der Waals surface area contributed by atoms with Crippen molar-refractivity contribution in [3.63, 3.8) is 0 Å². The number of amides is 1. The van der Waals surface area contributed by atoms with Gasteiger partial charge < -0.3 is 15.0 Å². The van der Waals surface area contributed by atoms with Gasteiger partial charge in [0.15, 0.2) is 5.11 Å². The van der Waals surface area contributed by atoms with E-state index in [4.69, 9.17) is 17.0 Å². The molecular weight excluding hydrogens is 418 g/mol. The average Bonchev–Trinajstić information content (AvgIpc) is 2.80. The van der Waals surface area contributed by atoms with Crippen molar-refractivity contribution in [1.29, 1.82) is 0 Å². The first-order valence-corrected chi connectivity index (χ1v) is 11.2. The molecule has 0 unspecified atom stereocenters. The SMILES string of the molecule is CCN(CC)c1ccc(NC(=S)NC(=O)c2cccc(OCc3ccccc3)c2)cc1C. The number of carbonyl (C=O) groups excluding carboxylic acids is 1. The lowest BCUT2D eigenvalue weighted by molar-refractivity contribution is 0.0977. The number of nitrogens with one attached hydrogen (secondary N) is 2. The Bertz CT molecular complexity index is 1070. The van der Waals surface area contributed by atoms with E-state index < -0.39 is 0 Å². The summed E-state index contributed by atoms with van der Waals surface area (Å²) in [4.78, 5) is 15.0. The van der Waals surface area contributed by atoms with Crippen LogP contribution in [-0.2, 0) is 6.61 Å². The molecule has 0 aliphatic heterocycles. The number of anilines is 2. The Kier molecular flexibility index (Phi) is 8.22. The Morgan fingerprint density at radius 1 is 0.969 bits per heavy atom. The minimum atomic E-state index is -0.288. The van der Waals surface area contributed by atoms with Crippen LogP contribution >= 0.6 is 12.2 Å². The molecule has 0 radical (unpaired) electrons. The van der Waals surface area contributed by atoms with Crippen molar-refractivity contribution in [2.45, 2.75) is 27.4 Å². The van der Waals surface area contributed by atoms with Crippen LogP contribution in [0.1, 0.15) is 35.3 Å². The summed E-state index contributed by atoms with van der Waals surface area (Å²) >= 11 is 5.35. The summed E-state index contributed by atoms with van der Waals surface area (Å²) in [6.45, 7) is 8.69. The van der Waals surface area contributed by atoms with E-state index >= 15 is 0 Å². The molecule has 0 saturated heterocycles. The summed E-state index contributed by atoms with van der Waals surface area (Å²) in [5.74, 6) is 0.340. The molecule has 3 aromatic carbocycles. The van der Waals surface area contributed by atoms with Crippen LogP contribution in [0, 0.1) is 6.92 Å². The topological polar surface area (TPSA) is 53.6 Å². The molecule has 0 saturated carbocycles. The maximum absolute atomic E-state index is 12.7. The van der Waals surface area contributed by atoms with E-state index in [1.165, 1.54) is 5.69 Å². The van der Waals surface area contributed by atoms with E-state index in [-0.39, 0.29) is 11.0 Å². The summed E-state index contributed by atoms with van der Waals surface area (Å²) in [7, 11) is 0. The van der Waals surface area contributed by atoms with Crippen LogP contribution in [0.3, 0.4) is 0 Å². The Morgan fingerprint density at radius 3 is 2.41 bits per heavy atom. The third-order valence-electron chi connectivity index (χ3n) is 5.13. The maximum atomic E-state index is 12.7. The number of benzene rings is 3. The van der Waals surface area contributed by atoms with E-state index in [0.29, 0.717) is 17.9 Å². The minimum absolute atomic E-state index is 0.251. The number of rotatable bonds is 8. The molecule has 2 N–H and O–H groups in total. The van der Waals surface area contributed by atoms with E-state index in [1.54, 1.807) is 18.2 Å².